The van der Waals surface area contributed by atoms with Crippen molar-refractivity contribution in [3.63, 3.8) is 0 Å². The van der Waals surface area contributed by atoms with Gasteiger partial charge in [-0.05, 0) is 43.4 Å². The molecule has 1 N–H and O–H groups in total. The third kappa shape index (κ3) is 2.52. The average Bonchev–Trinajstić information content (AvgIpc) is 2.54. The molecule has 1 saturated heterocycles. The summed E-state index contributed by atoms with van der Waals surface area (Å²) in [7, 11) is 1.92. The first-order valence-corrected chi connectivity index (χ1v) is 7.48. The fourth-order valence-electron chi connectivity index (χ4n) is 3.14. The van der Waals surface area contributed by atoms with E-state index in [2.05, 4.69) is 11.4 Å². The third-order valence-electron chi connectivity index (χ3n) is 4.38. The first-order chi connectivity index (χ1) is 9.77. The van der Waals surface area contributed by atoms with E-state index in [1.807, 2.05) is 24.1 Å². The van der Waals surface area contributed by atoms with Crippen molar-refractivity contribution in [3.05, 3.63) is 29.3 Å². The average molecular weight is 274 g/mol. The monoisotopic (exact) mass is 274 g/mol. The maximum Gasteiger partial charge on any atom is 0.254 e. The summed E-state index contributed by atoms with van der Waals surface area (Å²) in [5.41, 5.74) is 3.17. The molecule has 0 aliphatic carbocycles. The highest BCUT2D eigenvalue weighted by Gasteiger charge is 2.26. The van der Waals surface area contributed by atoms with E-state index in [4.69, 9.17) is 4.74 Å². The van der Waals surface area contributed by atoms with Crippen molar-refractivity contribution in [2.45, 2.75) is 31.7 Å². The molecule has 0 unspecified atom stereocenters. The zero-order chi connectivity index (χ0) is 13.9. The highest BCUT2D eigenvalue weighted by Crippen LogP contribution is 2.27. The molecule has 1 aromatic rings. The Morgan fingerprint density at radius 1 is 1.35 bits per heavy atom. The van der Waals surface area contributed by atoms with Crippen LogP contribution in [0.2, 0.25) is 0 Å². The third-order valence-corrected chi connectivity index (χ3v) is 4.38. The standard InChI is InChI=1S/C16H22N2O2/c1-18(12-7-10-20-11-8-12)16(19)14-4-2-6-15-13(14)5-3-9-17-15/h2,4,6,12,17H,3,5,7-11H2,1H3. The smallest absolute Gasteiger partial charge is 0.254 e. The predicted octanol–water partition coefficient (Wildman–Crippen LogP) is 2.30. The van der Waals surface area contributed by atoms with Gasteiger partial charge in [-0.2, -0.15) is 0 Å². The fraction of sp³-hybridized carbons (Fsp3) is 0.562. The molecule has 0 spiro atoms. The molecule has 4 nitrogen and oxygen atoms in total. The van der Waals surface area contributed by atoms with E-state index >= 15 is 0 Å². The van der Waals surface area contributed by atoms with Crippen molar-refractivity contribution < 1.29 is 9.53 Å². The summed E-state index contributed by atoms with van der Waals surface area (Å²) < 4.78 is 5.38. The highest BCUT2D eigenvalue weighted by molar-refractivity contribution is 5.97. The number of fused-ring (bicyclic) bond motifs is 1. The molecule has 0 saturated carbocycles. The summed E-state index contributed by atoms with van der Waals surface area (Å²) in [4.78, 5) is 14.7. The number of ether oxygens (including phenoxy) is 1. The van der Waals surface area contributed by atoms with Gasteiger partial charge in [-0.1, -0.05) is 6.07 Å². The molecular formula is C16H22N2O2. The van der Waals surface area contributed by atoms with E-state index in [-0.39, 0.29) is 5.91 Å². The lowest BCUT2D eigenvalue weighted by molar-refractivity contribution is 0.0361. The van der Waals surface area contributed by atoms with Crippen LogP contribution in [-0.4, -0.2) is 43.7 Å². The Morgan fingerprint density at radius 2 is 2.15 bits per heavy atom. The lowest BCUT2D eigenvalue weighted by Gasteiger charge is -2.32. The van der Waals surface area contributed by atoms with Gasteiger partial charge in [0.25, 0.3) is 5.91 Å². The SMILES string of the molecule is CN(C(=O)c1cccc2c1CCCN2)C1CCOCC1. The Hall–Kier alpha value is -1.55. The molecule has 2 aliphatic heterocycles. The van der Waals surface area contributed by atoms with Crippen LogP contribution in [0.15, 0.2) is 18.2 Å². The van der Waals surface area contributed by atoms with Crippen molar-refractivity contribution in [2.75, 3.05) is 32.1 Å². The molecule has 0 radical (unpaired) electrons. The van der Waals surface area contributed by atoms with Gasteiger partial charge in [-0.25, -0.2) is 0 Å². The van der Waals surface area contributed by atoms with Gasteiger partial charge in [0.1, 0.15) is 0 Å². The molecule has 0 aromatic heterocycles. The number of hydrogen-bond donors (Lipinski definition) is 1. The number of carbonyl (C=O) groups excluding carboxylic acids is 1. The molecular weight excluding hydrogens is 252 g/mol. The normalized spacial score (nSPS) is 19.1. The maximum atomic E-state index is 12.8. The zero-order valence-electron chi connectivity index (χ0n) is 12.0. The van der Waals surface area contributed by atoms with Crippen LogP contribution in [0.3, 0.4) is 0 Å². The molecule has 2 heterocycles. The van der Waals surface area contributed by atoms with Crippen LogP contribution in [0.25, 0.3) is 0 Å². The fourth-order valence-corrected chi connectivity index (χ4v) is 3.14. The summed E-state index contributed by atoms with van der Waals surface area (Å²) in [6.45, 7) is 2.52. The molecule has 3 rings (SSSR count). The summed E-state index contributed by atoms with van der Waals surface area (Å²) >= 11 is 0. The van der Waals surface area contributed by atoms with E-state index in [9.17, 15) is 4.79 Å². The number of anilines is 1. The van der Waals surface area contributed by atoms with E-state index in [0.29, 0.717) is 6.04 Å². The second-order valence-corrected chi connectivity index (χ2v) is 5.62. The quantitative estimate of drug-likeness (QED) is 0.899. The second kappa shape index (κ2) is 5.83. The minimum atomic E-state index is 0.150. The number of hydrogen-bond acceptors (Lipinski definition) is 3. The Balaban J connectivity index is 1.83. The van der Waals surface area contributed by atoms with Crippen molar-refractivity contribution in [1.29, 1.82) is 0 Å². The molecule has 1 fully saturated rings. The number of rotatable bonds is 2. The Bertz CT molecular complexity index is 495. The van der Waals surface area contributed by atoms with Gasteiger partial charge in [0.05, 0.1) is 0 Å². The van der Waals surface area contributed by atoms with Crippen molar-refractivity contribution in [1.82, 2.24) is 4.90 Å². The van der Waals surface area contributed by atoms with Gasteiger partial charge >= 0.3 is 0 Å². The molecule has 2 aliphatic rings. The van der Waals surface area contributed by atoms with Crippen molar-refractivity contribution >= 4 is 11.6 Å². The first-order valence-electron chi connectivity index (χ1n) is 7.48. The number of nitrogens with one attached hydrogen (secondary N) is 1. The lowest BCUT2D eigenvalue weighted by atomic mass is 9.96. The van der Waals surface area contributed by atoms with Gasteiger partial charge < -0.3 is 15.0 Å². The molecule has 1 aromatic carbocycles. The first kappa shape index (κ1) is 13.4. The zero-order valence-corrected chi connectivity index (χ0v) is 12.0. The number of amides is 1. The van der Waals surface area contributed by atoms with Gasteiger partial charge in [0.15, 0.2) is 0 Å². The summed E-state index contributed by atoms with van der Waals surface area (Å²) in [6.07, 6.45) is 3.97. The Kier molecular flexibility index (Phi) is 3.92. The van der Waals surface area contributed by atoms with Crippen LogP contribution in [0.5, 0.6) is 0 Å². The predicted molar refractivity (Wildman–Crippen MR) is 79.2 cm³/mol. The van der Waals surface area contributed by atoms with Crippen LogP contribution < -0.4 is 5.32 Å². The number of carbonyl (C=O) groups is 1. The van der Waals surface area contributed by atoms with E-state index in [0.717, 1.165) is 56.7 Å². The van der Waals surface area contributed by atoms with Crippen LogP contribution in [0, 0.1) is 0 Å². The summed E-state index contributed by atoms with van der Waals surface area (Å²) in [5.74, 6) is 0.150. The second-order valence-electron chi connectivity index (χ2n) is 5.62. The molecule has 0 bridgehead atoms. The van der Waals surface area contributed by atoms with Crippen LogP contribution in [0.4, 0.5) is 5.69 Å². The minimum absolute atomic E-state index is 0.150. The van der Waals surface area contributed by atoms with Crippen molar-refractivity contribution in [2.24, 2.45) is 0 Å². The number of benzene rings is 1. The van der Waals surface area contributed by atoms with Gasteiger partial charge in [-0.15, -0.1) is 0 Å². The van der Waals surface area contributed by atoms with Gasteiger partial charge in [-0.3, -0.25) is 4.79 Å². The van der Waals surface area contributed by atoms with Crippen LogP contribution >= 0.6 is 0 Å². The molecule has 4 heteroatoms. The molecule has 20 heavy (non-hydrogen) atoms. The van der Waals surface area contributed by atoms with E-state index in [1.54, 1.807) is 0 Å². The minimum Gasteiger partial charge on any atom is -0.385 e. The summed E-state index contributed by atoms with van der Waals surface area (Å²) in [5, 5.41) is 3.39. The number of nitrogens with zero attached hydrogens (tertiary/aromatic N) is 1. The maximum absolute atomic E-state index is 12.8. The van der Waals surface area contributed by atoms with Crippen LogP contribution in [0.1, 0.15) is 35.2 Å². The highest BCUT2D eigenvalue weighted by atomic mass is 16.5. The molecule has 108 valence electrons. The topological polar surface area (TPSA) is 41.6 Å². The van der Waals surface area contributed by atoms with Gasteiger partial charge in [0.2, 0.25) is 0 Å². The van der Waals surface area contributed by atoms with Crippen molar-refractivity contribution in [3.8, 4) is 0 Å². The molecule has 0 atom stereocenters. The van der Waals surface area contributed by atoms with Crippen LogP contribution in [-0.2, 0) is 11.2 Å². The van der Waals surface area contributed by atoms with E-state index < -0.39 is 0 Å². The lowest BCUT2D eigenvalue weighted by Crippen LogP contribution is -2.41. The largest absolute Gasteiger partial charge is 0.385 e. The summed E-state index contributed by atoms with van der Waals surface area (Å²) in [6, 6.07) is 6.31. The Labute approximate surface area is 120 Å². The molecule has 1 amide bonds. The Morgan fingerprint density at radius 3 is 2.95 bits per heavy atom. The van der Waals surface area contributed by atoms with Gasteiger partial charge in [0, 0.05) is 44.1 Å². The van der Waals surface area contributed by atoms with E-state index in [1.165, 1.54) is 5.56 Å².